The summed E-state index contributed by atoms with van der Waals surface area (Å²) in [6.45, 7) is 1.49. The highest BCUT2D eigenvalue weighted by molar-refractivity contribution is 6.00. The van der Waals surface area contributed by atoms with Crippen LogP contribution in [0.1, 0.15) is 36.6 Å². The summed E-state index contributed by atoms with van der Waals surface area (Å²) in [5.74, 6) is 0.927. The van der Waals surface area contributed by atoms with Crippen LogP contribution in [0.25, 0.3) is 0 Å². The zero-order valence-corrected chi connectivity index (χ0v) is 19.1. The second-order valence-electron chi connectivity index (χ2n) is 7.57. The van der Waals surface area contributed by atoms with Crippen molar-refractivity contribution in [3.05, 3.63) is 71.8 Å². The molecule has 1 aliphatic heterocycles. The van der Waals surface area contributed by atoms with Crippen LogP contribution in [-0.2, 0) is 28.6 Å². The largest absolute Gasteiger partial charge is 0.468 e. The molecule has 1 saturated heterocycles. The monoisotopic (exact) mass is 463 g/mol. The fourth-order valence-electron chi connectivity index (χ4n) is 4.14. The molecule has 0 spiro atoms. The molecule has 0 aromatic heterocycles. The van der Waals surface area contributed by atoms with Gasteiger partial charge in [-0.15, -0.1) is 0 Å². The van der Waals surface area contributed by atoms with E-state index in [4.69, 9.17) is 14.2 Å². The van der Waals surface area contributed by atoms with E-state index in [1.165, 1.54) is 11.8 Å². The van der Waals surface area contributed by atoms with E-state index in [0.29, 0.717) is 5.56 Å². The standard InChI is InChI=1S/C26H25NO7/c1-4-11-19(28)16-20(21(24(29)32-2)25(30)33-3)27-22(17-12-7-5-8-13-17)23(34-26(27)31)18-14-9-6-10-15-18/h5-10,12-15,20-23H,16H2,1-3H3/t20-,22+,23-/m1/s1. The van der Waals surface area contributed by atoms with Gasteiger partial charge in [-0.2, -0.15) is 0 Å². The van der Waals surface area contributed by atoms with E-state index in [1.807, 2.05) is 48.5 Å². The molecule has 0 saturated carbocycles. The third kappa shape index (κ3) is 5.09. The summed E-state index contributed by atoms with van der Waals surface area (Å²) in [6.07, 6.45) is -1.92. The molecule has 8 nitrogen and oxygen atoms in total. The molecule has 1 aliphatic rings. The molecule has 0 aliphatic carbocycles. The molecule has 0 unspecified atom stereocenters. The number of carbonyl (C=O) groups is 4. The molecule has 3 rings (SSSR count). The van der Waals surface area contributed by atoms with Crippen LogP contribution in [0.4, 0.5) is 4.79 Å². The van der Waals surface area contributed by atoms with Crippen LogP contribution in [0.3, 0.4) is 0 Å². The molecule has 8 heteroatoms. The van der Waals surface area contributed by atoms with Crippen molar-refractivity contribution >= 4 is 23.8 Å². The number of methoxy groups -OCH3 is 2. The molecule has 34 heavy (non-hydrogen) atoms. The molecule has 1 amide bonds. The predicted octanol–water partition coefficient (Wildman–Crippen LogP) is 3.23. The Morgan fingerprint density at radius 1 is 0.941 bits per heavy atom. The third-order valence-corrected chi connectivity index (χ3v) is 5.61. The second kappa shape index (κ2) is 11.1. The minimum Gasteiger partial charge on any atom is -0.468 e. The highest BCUT2D eigenvalue weighted by Crippen LogP contribution is 2.45. The number of cyclic esters (lactones) is 1. The maximum absolute atomic E-state index is 13.3. The van der Waals surface area contributed by atoms with Gasteiger partial charge in [0.1, 0.15) is 6.04 Å². The van der Waals surface area contributed by atoms with Crippen LogP contribution in [0.2, 0.25) is 0 Å². The number of rotatable bonds is 8. The lowest BCUT2D eigenvalue weighted by Crippen LogP contribution is -2.50. The van der Waals surface area contributed by atoms with Crippen LogP contribution in [-0.4, -0.2) is 49.0 Å². The van der Waals surface area contributed by atoms with Gasteiger partial charge >= 0.3 is 18.0 Å². The summed E-state index contributed by atoms with van der Waals surface area (Å²) in [5, 5.41) is 0. The Balaban J connectivity index is 2.18. The second-order valence-corrected chi connectivity index (χ2v) is 7.57. The lowest BCUT2D eigenvalue weighted by atomic mass is 9.89. The minimum absolute atomic E-state index is 0.393. The molecule has 1 heterocycles. The minimum atomic E-state index is -1.58. The van der Waals surface area contributed by atoms with E-state index < -0.39 is 54.3 Å². The highest BCUT2D eigenvalue weighted by atomic mass is 16.6. The quantitative estimate of drug-likeness (QED) is 0.195. The SMILES string of the molecule is CC#CC(=O)C[C@H](C(C(=O)OC)C(=O)OC)N1C(=O)O[C@H](c2ccccc2)[C@@H]1c1ccccc1. The number of hydrogen-bond acceptors (Lipinski definition) is 7. The van der Waals surface area contributed by atoms with E-state index >= 15 is 0 Å². The molecular formula is C26H25NO7. The van der Waals surface area contributed by atoms with Gasteiger partial charge in [-0.3, -0.25) is 19.3 Å². The molecule has 2 aromatic carbocycles. The van der Waals surface area contributed by atoms with Crippen LogP contribution in [0.15, 0.2) is 60.7 Å². The van der Waals surface area contributed by atoms with Crippen molar-refractivity contribution in [3.8, 4) is 11.8 Å². The van der Waals surface area contributed by atoms with Gasteiger partial charge in [-0.05, 0) is 24.0 Å². The molecule has 3 atom stereocenters. The Hall–Kier alpha value is -4.12. The number of ketones is 1. The maximum Gasteiger partial charge on any atom is 0.411 e. The molecule has 2 aromatic rings. The topological polar surface area (TPSA) is 99.2 Å². The molecule has 176 valence electrons. The Bertz CT molecular complexity index is 1090. The molecule has 0 N–H and O–H groups in total. The molecular weight excluding hydrogens is 438 g/mol. The summed E-state index contributed by atoms with van der Waals surface area (Å²) < 4.78 is 15.4. The zero-order valence-electron chi connectivity index (χ0n) is 19.1. The zero-order chi connectivity index (χ0) is 24.7. The molecule has 0 radical (unpaired) electrons. The average Bonchev–Trinajstić information content (AvgIpc) is 3.21. The van der Waals surface area contributed by atoms with Gasteiger partial charge in [-0.1, -0.05) is 66.6 Å². The molecule has 0 bridgehead atoms. The first-order chi connectivity index (χ1) is 16.4. The summed E-state index contributed by atoms with van der Waals surface area (Å²) in [5.41, 5.74) is 1.42. The lowest BCUT2D eigenvalue weighted by molar-refractivity contribution is -0.162. The first kappa shape index (κ1) is 24.5. The van der Waals surface area contributed by atoms with Crippen molar-refractivity contribution in [2.75, 3.05) is 14.2 Å². The van der Waals surface area contributed by atoms with Crippen molar-refractivity contribution in [3.63, 3.8) is 0 Å². The summed E-state index contributed by atoms with van der Waals surface area (Å²) in [7, 11) is 2.24. The summed E-state index contributed by atoms with van der Waals surface area (Å²) in [4.78, 5) is 52.6. The van der Waals surface area contributed by atoms with Gasteiger partial charge in [0.15, 0.2) is 12.0 Å². The summed E-state index contributed by atoms with van der Waals surface area (Å²) in [6, 6.07) is 16.2. The predicted molar refractivity (Wildman–Crippen MR) is 121 cm³/mol. The first-order valence-corrected chi connectivity index (χ1v) is 10.6. The van der Waals surface area contributed by atoms with Gasteiger partial charge in [0, 0.05) is 6.42 Å². The number of Topliss-reactive ketones (excluding diaryl/α,β-unsaturated/α-hetero) is 1. The van der Waals surface area contributed by atoms with Gasteiger partial charge in [0.2, 0.25) is 5.78 Å². The fraction of sp³-hybridized carbons (Fsp3) is 0.308. The van der Waals surface area contributed by atoms with Crippen molar-refractivity contribution in [2.45, 2.75) is 31.5 Å². The van der Waals surface area contributed by atoms with Crippen LogP contribution in [0, 0.1) is 17.8 Å². The van der Waals surface area contributed by atoms with Crippen molar-refractivity contribution < 1.29 is 33.4 Å². The molecule has 1 fully saturated rings. The lowest BCUT2D eigenvalue weighted by Gasteiger charge is -2.34. The van der Waals surface area contributed by atoms with Crippen LogP contribution < -0.4 is 0 Å². The number of esters is 2. The average molecular weight is 463 g/mol. The number of carbonyl (C=O) groups excluding carboxylic acids is 4. The maximum atomic E-state index is 13.3. The van der Waals surface area contributed by atoms with E-state index in [0.717, 1.165) is 19.8 Å². The van der Waals surface area contributed by atoms with Crippen molar-refractivity contribution in [1.29, 1.82) is 0 Å². The normalized spacial score (nSPS) is 17.9. The first-order valence-electron chi connectivity index (χ1n) is 10.6. The number of amides is 1. The van der Waals surface area contributed by atoms with E-state index in [9.17, 15) is 19.2 Å². The Labute approximate surface area is 197 Å². The van der Waals surface area contributed by atoms with Gasteiger partial charge in [-0.25, -0.2) is 4.79 Å². The van der Waals surface area contributed by atoms with Gasteiger partial charge in [0.25, 0.3) is 0 Å². The summed E-state index contributed by atoms with van der Waals surface area (Å²) >= 11 is 0. The van der Waals surface area contributed by atoms with Crippen molar-refractivity contribution in [1.82, 2.24) is 4.90 Å². The smallest absolute Gasteiger partial charge is 0.411 e. The van der Waals surface area contributed by atoms with Gasteiger partial charge < -0.3 is 14.2 Å². The highest BCUT2D eigenvalue weighted by Gasteiger charge is 2.52. The van der Waals surface area contributed by atoms with E-state index in [2.05, 4.69) is 11.8 Å². The Morgan fingerprint density at radius 2 is 1.47 bits per heavy atom. The Kier molecular flexibility index (Phi) is 8.04. The fourth-order valence-corrected chi connectivity index (χ4v) is 4.14. The number of nitrogens with zero attached hydrogens (tertiary/aromatic N) is 1. The number of benzene rings is 2. The van der Waals surface area contributed by atoms with Crippen LogP contribution >= 0.6 is 0 Å². The third-order valence-electron chi connectivity index (χ3n) is 5.61. The Morgan fingerprint density at radius 3 is 1.97 bits per heavy atom. The van der Waals surface area contributed by atoms with E-state index in [-0.39, 0.29) is 0 Å². The van der Waals surface area contributed by atoms with Gasteiger partial charge in [0.05, 0.1) is 20.3 Å². The number of ether oxygens (including phenoxy) is 3. The van der Waals surface area contributed by atoms with E-state index in [1.54, 1.807) is 12.1 Å². The van der Waals surface area contributed by atoms with Crippen molar-refractivity contribution in [2.24, 2.45) is 5.92 Å². The van der Waals surface area contributed by atoms with Crippen LogP contribution in [0.5, 0.6) is 0 Å². The number of hydrogen-bond donors (Lipinski definition) is 0.